The second-order valence-corrected chi connectivity index (χ2v) is 17.2. The van der Waals surface area contributed by atoms with Crippen molar-refractivity contribution < 1.29 is 0 Å². The number of halogens is 1. The van der Waals surface area contributed by atoms with E-state index in [1.807, 2.05) is 18.2 Å². The summed E-state index contributed by atoms with van der Waals surface area (Å²) >= 11 is 7.22. The lowest BCUT2D eigenvalue weighted by Crippen LogP contribution is -2.68. The van der Waals surface area contributed by atoms with E-state index in [9.17, 15) is 0 Å². The van der Waals surface area contributed by atoms with Crippen molar-refractivity contribution in [2.45, 2.75) is 26.2 Å². The van der Waals surface area contributed by atoms with Gasteiger partial charge in [0.2, 0.25) is 5.17 Å². The van der Waals surface area contributed by atoms with E-state index in [1.165, 1.54) is 22.5 Å². The van der Waals surface area contributed by atoms with Gasteiger partial charge in [0.25, 0.3) is 0 Å². The minimum absolute atomic E-state index is 0.0225. The van der Waals surface area contributed by atoms with Crippen LogP contribution in [0.5, 0.6) is 0 Å². The number of benzene rings is 2. The molecule has 0 unspecified atom stereocenters. The lowest BCUT2D eigenvalue weighted by Gasteiger charge is -2.44. The molecule has 0 saturated heterocycles. The maximum absolute atomic E-state index is 8.97. The van der Waals surface area contributed by atoms with Crippen molar-refractivity contribution in [2.75, 3.05) is 0 Å². The molecule has 0 spiro atoms. The Hall–Kier alpha value is -1.37. The van der Waals surface area contributed by atoms with Crippen LogP contribution in [0.3, 0.4) is 0 Å². The summed E-state index contributed by atoms with van der Waals surface area (Å²) in [4.78, 5) is 0. The van der Waals surface area contributed by atoms with E-state index < -0.39 is 16.5 Å². The minimum Gasteiger partial charge on any atom is -0.265 e. The predicted octanol–water partition coefficient (Wildman–Crippen LogP) is 4.24. The molecule has 130 valence electrons. The second-order valence-electron chi connectivity index (χ2n) is 6.72. The average molecular weight is 404 g/mol. The predicted molar refractivity (Wildman–Crippen MR) is 115 cm³/mol. The quantitative estimate of drug-likeness (QED) is 0.411. The molecule has 0 bridgehead atoms. The molecule has 3 nitrogen and oxygen atoms in total. The fourth-order valence-corrected chi connectivity index (χ4v) is 14.6. The van der Waals surface area contributed by atoms with Gasteiger partial charge in [-0.15, -0.1) is 0 Å². The van der Waals surface area contributed by atoms with Gasteiger partial charge in [-0.2, -0.15) is 9.66 Å². The van der Waals surface area contributed by atoms with Crippen LogP contribution in [0.15, 0.2) is 65.1 Å². The highest BCUT2D eigenvalue weighted by atomic mass is 35.5. The molecular weight excluding hydrogens is 382 g/mol. The summed E-state index contributed by atoms with van der Waals surface area (Å²) in [6.45, 7) is 9.29. The van der Waals surface area contributed by atoms with Gasteiger partial charge in [-0.25, -0.2) is 0 Å². The highest BCUT2D eigenvalue weighted by molar-refractivity contribution is 7.99. The molecule has 0 amide bonds. The fraction of sp³-hybridized carbons (Fsp3) is 0.222. The lowest BCUT2D eigenvalue weighted by molar-refractivity contribution is 1.02. The summed E-state index contributed by atoms with van der Waals surface area (Å²) in [6, 6.07) is 23.0. The van der Waals surface area contributed by atoms with Crippen molar-refractivity contribution >= 4 is 55.8 Å². The second kappa shape index (κ2) is 8.34. The number of hydrogen-bond acceptors (Lipinski definition) is 4. The van der Waals surface area contributed by atoms with E-state index in [4.69, 9.17) is 16.9 Å². The first kappa shape index (κ1) is 20.0. The summed E-state index contributed by atoms with van der Waals surface area (Å²) < 4.78 is 6.72. The zero-order valence-electron chi connectivity index (χ0n) is 14.9. The van der Waals surface area contributed by atoms with E-state index in [1.54, 1.807) is 0 Å². The van der Waals surface area contributed by atoms with Crippen LogP contribution in [0, 0.1) is 11.3 Å². The molecule has 0 N–H and O–H groups in total. The van der Waals surface area contributed by atoms with Crippen LogP contribution in [0.2, 0.25) is 26.2 Å². The molecule has 2 rings (SSSR count). The van der Waals surface area contributed by atoms with Gasteiger partial charge >= 0.3 is 0 Å². The Balaban J connectivity index is 2.52. The van der Waals surface area contributed by atoms with E-state index in [0.717, 1.165) is 0 Å². The number of nitriles is 1. The van der Waals surface area contributed by atoms with Crippen LogP contribution in [-0.2, 0) is 0 Å². The third-order valence-electron chi connectivity index (χ3n) is 4.27. The number of rotatable bonds is 6. The third-order valence-corrected chi connectivity index (χ3v) is 17.1. The van der Waals surface area contributed by atoms with Crippen molar-refractivity contribution in [3.05, 3.63) is 60.7 Å². The third kappa shape index (κ3) is 4.63. The van der Waals surface area contributed by atoms with Gasteiger partial charge in [-0.3, -0.25) is 3.64 Å². The zero-order valence-corrected chi connectivity index (χ0v) is 18.5. The Morgan fingerprint density at radius 1 is 0.920 bits per heavy atom. The highest BCUT2D eigenvalue weighted by Gasteiger charge is 2.44. The Morgan fingerprint density at radius 3 is 1.68 bits per heavy atom. The Kier molecular flexibility index (Phi) is 6.66. The van der Waals surface area contributed by atoms with Gasteiger partial charge in [0.1, 0.15) is 6.07 Å². The van der Waals surface area contributed by atoms with Crippen molar-refractivity contribution in [1.82, 2.24) is 3.64 Å². The maximum Gasteiger partial charge on any atom is 0.215 e. The minimum atomic E-state index is -2.02. The maximum atomic E-state index is 8.97. The topological polar surface area (TPSA) is 39.4 Å². The van der Waals surface area contributed by atoms with Crippen LogP contribution in [-0.4, -0.2) is 25.3 Å². The van der Waals surface area contributed by atoms with Gasteiger partial charge in [0.05, 0.1) is 12.1 Å². The van der Waals surface area contributed by atoms with Gasteiger partial charge in [0.15, 0.2) is 16.5 Å². The van der Waals surface area contributed by atoms with E-state index in [-0.39, 0.29) is 5.17 Å². The monoisotopic (exact) mass is 403 g/mol. The van der Waals surface area contributed by atoms with Gasteiger partial charge in [0, 0.05) is 0 Å². The molecule has 2 aromatic carbocycles. The molecule has 0 heterocycles. The molecule has 0 fully saturated rings. The molecule has 0 aliphatic rings. The summed E-state index contributed by atoms with van der Waals surface area (Å²) in [5, 5.41) is 11.6. The summed E-state index contributed by atoms with van der Waals surface area (Å²) in [7, 11) is -4.05. The highest BCUT2D eigenvalue weighted by Crippen LogP contribution is 2.29. The smallest absolute Gasteiger partial charge is 0.215 e. The van der Waals surface area contributed by atoms with Crippen LogP contribution in [0.1, 0.15) is 0 Å². The first-order valence-electron chi connectivity index (χ1n) is 8.02. The molecule has 25 heavy (non-hydrogen) atoms. The fourth-order valence-electron chi connectivity index (χ4n) is 2.93. The molecule has 0 saturated carbocycles. The molecule has 2 aromatic rings. The Labute approximate surface area is 161 Å². The van der Waals surface area contributed by atoms with Crippen molar-refractivity contribution in [2.24, 2.45) is 4.40 Å². The van der Waals surface area contributed by atoms with Crippen LogP contribution in [0.4, 0.5) is 0 Å². The van der Waals surface area contributed by atoms with Crippen LogP contribution >= 0.6 is 23.7 Å². The van der Waals surface area contributed by atoms with E-state index in [2.05, 4.69) is 82.8 Å². The van der Waals surface area contributed by atoms with Gasteiger partial charge in [-0.1, -0.05) is 86.9 Å². The molecule has 7 heteroatoms. The molecule has 0 aliphatic carbocycles. The number of hydrogen-bond donors (Lipinski definition) is 0. The first-order valence-corrected chi connectivity index (χ1v) is 15.0. The molecular formula is C18H22ClN3SSi2. The first-order chi connectivity index (χ1) is 11.8. The summed E-state index contributed by atoms with van der Waals surface area (Å²) in [6.07, 6.45) is 0. The standard InChI is InChI=1S/C18H22ClN3SSi2/c1-24(2,16-11-7-5-8-12-16)22(23-21-18(19)15-20)25(3,4)17-13-9-6-10-14-17/h5-14H,1-4H3/b21-18-. The molecule has 0 atom stereocenters. The Morgan fingerprint density at radius 2 is 1.32 bits per heavy atom. The molecule has 0 radical (unpaired) electrons. The zero-order chi connectivity index (χ0) is 18.5. The molecule has 0 aliphatic heterocycles. The van der Waals surface area contributed by atoms with Crippen LogP contribution in [0.25, 0.3) is 0 Å². The average Bonchev–Trinajstić information content (AvgIpc) is 2.62. The largest absolute Gasteiger partial charge is 0.265 e. The summed E-state index contributed by atoms with van der Waals surface area (Å²) in [5.41, 5.74) is 0. The summed E-state index contributed by atoms with van der Waals surface area (Å²) in [5.74, 6) is 0. The normalized spacial score (nSPS) is 12.9. The van der Waals surface area contributed by atoms with Crippen molar-refractivity contribution in [3.8, 4) is 6.07 Å². The SMILES string of the molecule is C[Si](C)(c1ccccc1)N(S/N=C(\Cl)C#N)[Si](C)(C)c1ccccc1. The van der Waals surface area contributed by atoms with Crippen molar-refractivity contribution in [3.63, 3.8) is 0 Å². The van der Waals surface area contributed by atoms with Crippen molar-refractivity contribution in [1.29, 1.82) is 5.26 Å². The molecule has 0 aromatic heterocycles. The van der Waals surface area contributed by atoms with E-state index >= 15 is 0 Å². The van der Waals surface area contributed by atoms with Gasteiger partial charge in [-0.05, 0) is 22.0 Å². The van der Waals surface area contributed by atoms with E-state index in [0.29, 0.717) is 0 Å². The van der Waals surface area contributed by atoms with Crippen LogP contribution < -0.4 is 10.4 Å². The van der Waals surface area contributed by atoms with Gasteiger partial charge < -0.3 is 0 Å². The number of nitrogens with zero attached hydrogens (tertiary/aromatic N) is 3. The Bertz CT molecular complexity index is 722. The lowest BCUT2D eigenvalue weighted by atomic mass is 10.4.